The van der Waals surface area contributed by atoms with Crippen LogP contribution in [0, 0.1) is 52.3 Å². The van der Waals surface area contributed by atoms with Gasteiger partial charge in [0.2, 0.25) is 0 Å². The van der Waals surface area contributed by atoms with Crippen LogP contribution in [0.5, 0.6) is 11.5 Å². The fraction of sp³-hybridized carbons (Fsp3) is 0.788. The van der Waals surface area contributed by atoms with E-state index in [0.29, 0.717) is 39.7 Å². The molecule has 0 radical (unpaired) electrons. The summed E-state index contributed by atoms with van der Waals surface area (Å²) in [6.07, 6.45) is 14.3. The molecule has 5 rings (SSSR count). The predicted molar refractivity (Wildman–Crippen MR) is 163 cm³/mol. The van der Waals surface area contributed by atoms with Crippen LogP contribution in [0.3, 0.4) is 0 Å². The van der Waals surface area contributed by atoms with E-state index in [2.05, 4.69) is 51.0 Å². The van der Waals surface area contributed by atoms with Gasteiger partial charge in [-0.1, -0.05) is 47.0 Å². The van der Waals surface area contributed by atoms with E-state index in [1.54, 1.807) is 20.3 Å². The Kier molecular flexibility index (Phi) is 9.90. The molecule has 39 heavy (non-hydrogen) atoms. The first-order valence-electron chi connectivity index (χ1n) is 15.5. The molecule has 4 aliphatic rings. The molecule has 1 amide bonds. The van der Waals surface area contributed by atoms with Crippen molar-refractivity contribution in [2.45, 2.75) is 91.9 Å². The molecule has 0 aromatic heterocycles. The van der Waals surface area contributed by atoms with Gasteiger partial charge in [0.25, 0.3) is 5.91 Å². The topological polar surface area (TPSA) is 73.6 Å². The summed E-state index contributed by atoms with van der Waals surface area (Å²) < 4.78 is 10.7. The van der Waals surface area contributed by atoms with Gasteiger partial charge in [-0.25, -0.2) is 0 Å². The molecule has 6 heteroatoms. The van der Waals surface area contributed by atoms with Crippen molar-refractivity contribution >= 4 is 18.7 Å². The molecule has 3 N–H and O–H groups in total. The van der Waals surface area contributed by atoms with Gasteiger partial charge in [0.1, 0.15) is 0 Å². The fourth-order valence-electron chi connectivity index (χ4n) is 10.5. The molecule has 0 bridgehead atoms. The summed E-state index contributed by atoms with van der Waals surface area (Å²) in [5, 5.41) is 7.45. The molecule has 9 atom stereocenters. The number of hydrogen-bond donors (Lipinski definition) is 3. The highest BCUT2D eigenvalue weighted by molar-refractivity contribution is 7.77. The minimum absolute atomic E-state index is 0.0226. The predicted octanol–water partition coefficient (Wildman–Crippen LogP) is 7.54. The minimum Gasteiger partial charge on any atom is -0.493 e. The SMILES string of the molecule is CC[C@H]1CC2C3CCC([C@H](C)CNC(=O)c4ccc(OC)c(OC)c4)C3(C)CC[C@@H]2C2(C)CCCCC12.NS. The molecule has 1 aromatic carbocycles. The molecule has 220 valence electrons. The van der Waals surface area contributed by atoms with Crippen molar-refractivity contribution in [2.24, 2.45) is 57.4 Å². The van der Waals surface area contributed by atoms with Crippen LogP contribution in [0.4, 0.5) is 0 Å². The van der Waals surface area contributed by atoms with Crippen molar-refractivity contribution in [2.75, 3.05) is 20.8 Å². The standard InChI is InChI=1S/C33H51NO3.H3NS/c1-7-22-18-24-27-13-12-25(33(27,4)17-15-28(24)32(3)16-9-8-10-26(22)32)21(2)20-34-31(35)23-11-14-29(36-5)30(19-23)37-6;1-2/h11,14,19,21-22,24-28H,7-10,12-13,15-18,20H2,1-6H3,(H,34,35);2H,1H2/t21-,22+,24?,25?,26?,27?,28+,32?,33?;/m1./s1. The molecule has 5 nitrogen and oxygen atoms in total. The van der Waals surface area contributed by atoms with E-state index in [9.17, 15) is 4.79 Å². The number of methoxy groups -OCH3 is 2. The molecule has 1 aromatic rings. The van der Waals surface area contributed by atoms with Crippen LogP contribution in [0.2, 0.25) is 0 Å². The Balaban J connectivity index is 0.00000172. The summed E-state index contributed by atoms with van der Waals surface area (Å²) in [4.78, 5) is 13.0. The number of carbonyl (C=O) groups excluding carboxylic acids is 1. The van der Waals surface area contributed by atoms with E-state index >= 15 is 0 Å². The van der Waals surface area contributed by atoms with Crippen molar-refractivity contribution in [3.63, 3.8) is 0 Å². The molecule has 4 aliphatic carbocycles. The number of nitrogens with two attached hydrogens (primary N) is 1. The fourth-order valence-corrected chi connectivity index (χ4v) is 10.5. The number of ether oxygens (including phenoxy) is 2. The van der Waals surface area contributed by atoms with Crippen LogP contribution < -0.4 is 19.9 Å². The van der Waals surface area contributed by atoms with Crippen molar-refractivity contribution in [3.05, 3.63) is 23.8 Å². The lowest BCUT2D eigenvalue weighted by atomic mass is 9.42. The second-order valence-electron chi connectivity index (χ2n) is 13.6. The maximum absolute atomic E-state index is 13.0. The highest BCUT2D eigenvalue weighted by atomic mass is 32.1. The molecular weight excluding hydrogens is 504 g/mol. The number of fused-ring (bicyclic) bond motifs is 5. The minimum atomic E-state index is -0.0226. The van der Waals surface area contributed by atoms with Crippen LogP contribution in [0.1, 0.15) is 102 Å². The second-order valence-corrected chi connectivity index (χ2v) is 13.6. The summed E-state index contributed by atoms with van der Waals surface area (Å²) in [5.74, 6) is 7.04. The van der Waals surface area contributed by atoms with E-state index in [-0.39, 0.29) is 5.91 Å². The molecule has 0 heterocycles. The molecular formula is C33H54N2O3S. The van der Waals surface area contributed by atoms with Crippen molar-refractivity contribution < 1.29 is 14.3 Å². The number of amides is 1. The Morgan fingerprint density at radius 1 is 1.00 bits per heavy atom. The zero-order valence-electron chi connectivity index (χ0n) is 25.3. The Labute approximate surface area is 243 Å². The van der Waals surface area contributed by atoms with E-state index in [0.717, 1.165) is 36.1 Å². The first kappa shape index (κ1) is 30.6. The average molecular weight is 559 g/mol. The summed E-state index contributed by atoms with van der Waals surface area (Å²) in [6, 6.07) is 5.41. The molecule has 0 spiro atoms. The van der Waals surface area contributed by atoms with Crippen molar-refractivity contribution in [1.82, 2.24) is 5.32 Å². The summed E-state index contributed by atoms with van der Waals surface area (Å²) in [7, 11) is 3.23. The van der Waals surface area contributed by atoms with Crippen LogP contribution in [0.15, 0.2) is 18.2 Å². The van der Waals surface area contributed by atoms with Gasteiger partial charge in [0.05, 0.1) is 14.2 Å². The number of rotatable bonds is 7. The van der Waals surface area contributed by atoms with E-state index in [1.165, 1.54) is 64.2 Å². The number of thiol groups is 1. The van der Waals surface area contributed by atoms with Gasteiger partial charge in [-0.2, -0.15) is 0 Å². The third-order valence-corrected chi connectivity index (χ3v) is 12.3. The Bertz CT molecular complexity index is 988. The van der Waals surface area contributed by atoms with Gasteiger partial charge < -0.3 is 14.8 Å². The van der Waals surface area contributed by atoms with E-state index in [1.807, 2.05) is 12.1 Å². The molecule has 4 fully saturated rings. The van der Waals surface area contributed by atoms with Crippen LogP contribution in [0.25, 0.3) is 0 Å². The van der Waals surface area contributed by atoms with E-state index < -0.39 is 0 Å². The van der Waals surface area contributed by atoms with Crippen LogP contribution in [-0.2, 0) is 0 Å². The van der Waals surface area contributed by atoms with Crippen LogP contribution >= 0.6 is 12.8 Å². The Morgan fingerprint density at radius 3 is 2.41 bits per heavy atom. The van der Waals surface area contributed by atoms with Gasteiger partial charge >= 0.3 is 0 Å². The highest BCUT2D eigenvalue weighted by Crippen LogP contribution is 2.69. The molecule has 4 saturated carbocycles. The van der Waals surface area contributed by atoms with Gasteiger partial charge in [-0.05, 0) is 115 Å². The lowest BCUT2D eigenvalue weighted by molar-refractivity contribution is -0.137. The molecule has 0 aliphatic heterocycles. The summed E-state index contributed by atoms with van der Waals surface area (Å²) in [5.41, 5.74) is 1.63. The monoisotopic (exact) mass is 558 g/mol. The van der Waals surface area contributed by atoms with Crippen LogP contribution in [-0.4, -0.2) is 26.7 Å². The Hall–Kier alpha value is -1.40. The second kappa shape index (κ2) is 12.6. The smallest absolute Gasteiger partial charge is 0.251 e. The maximum Gasteiger partial charge on any atom is 0.251 e. The Morgan fingerprint density at radius 2 is 1.72 bits per heavy atom. The number of benzene rings is 1. The number of nitrogens with one attached hydrogen (secondary N) is 1. The van der Waals surface area contributed by atoms with Gasteiger partial charge in [-0.15, -0.1) is 12.8 Å². The molecule has 6 unspecified atom stereocenters. The zero-order valence-corrected chi connectivity index (χ0v) is 26.2. The van der Waals surface area contributed by atoms with E-state index in [4.69, 9.17) is 9.47 Å². The van der Waals surface area contributed by atoms with Gasteiger partial charge in [0, 0.05) is 12.1 Å². The highest BCUT2D eigenvalue weighted by Gasteiger charge is 2.61. The van der Waals surface area contributed by atoms with Gasteiger partial charge in [-0.3, -0.25) is 9.93 Å². The van der Waals surface area contributed by atoms with Crippen molar-refractivity contribution in [3.8, 4) is 11.5 Å². The largest absolute Gasteiger partial charge is 0.493 e. The number of hydrogen-bond acceptors (Lipinski definition) is 5. The third-order valence-electron chi connectivity index (χ3n) is 12.3. The quantitative estimate of drug-likeness (QED) is 0.302. The first-order chi connectivity index (χ1) is 18.8. The first-order valence-corrected chi connectivity index (χ1v) is 16.0. The number of carbonyl (C=O) groups is 1. The lowest BCUT2D eigenvalue weighted by Crippen LogP contribution is -2.55. The lowest BCUT2D eigenvalue weighted by Gasteiger charge is -2.63. The van der Waals surface area contributed by atoms with Crippen molar-refractivity contribution in [1.29, 1.82) is 0 Å². The summed E-state index contributed by atoms with van der Waals surface area (Å²) >= 11 is 3.03. The van der Waals surface area contributed by atoms with Gasteiger partial charge in [0.15, 0.2) is 11.5 Å². The zero-order chi connectivity index (χ0) is 28.4. The third kappa shape index (κ3) is 5.46. The molecule has 0 saturated heterocycles. The maximum atomic E-state index is 13.0. The summed E-state index contributed by atoms with van der Waals surface area (Å²) in [6.45, 7) is 10.9. The normalized spacial score (nSPS) is 37.7. The average Bonchev–Trinajstić information content (AvgIpc) is 3.33.